The fourth-order valence-electron chi connectivity index (χ4n) is 1.53. The number of rotatable bonds is 2. The van der Waals surface area contributed by atoms with Crippen molar-refractivity contribution >= 4 is 50.7 Å². The first kappa shape index (κ1) is 14.3. The average Bonchev–Trinajstić information content (AvgIpc) is 2.32. The van der Waals surface area contributed by atoms with Gasteiger partial charge >= 0.3 is 0 Å². The molecule has 0 saturated carbocycles. The fraction of sp³-hybridized carbons (Fsp3) is 0.0769. The highest BCUT2D eigenvalue weighted by atomic mass is 79.9. The molecule has 0 aliphatic carbocycles. The molecule has 0 aliphatic rings. The first-order valence-corrected chi connectivity index (χ1v) is 6.91. The lowest BCUT2D eigenvalue weighted by atomic mass is 10.2. The second-order valence-corrected chi connectivity index (χ2v) is 5.57. The molecular formula is C13H9BrCl2N2O. The van der Waals surface area contributed by atoms with Gasteiger partial charge in [-0.3, -0.25) is 4.79 Å². The Morgan fingerprint density at radius 1 is 1.21 bits per heavy atom. The largest absolute Gasteiger partial charge is 0.321 e. The Morgan fingerprint density at radius 2 is 1.84 bits per heavy atom. The van der Waals surface area contributed by atoms with E-state index >= 15 is 0 Å². The molecular weight excluding hydrogens is 351 g/mol. The molecule has 1 aromatic carbocycles. The summed E-state index contributed by atoms with van der Waals surface area (Å²) in [5.74, 6) is -0.294. The van der Waals surface area contributed by atoms with Crippen molar-refractivity contribution in [2.45, 2.75) is 6.92 Å². The highest BCUT2D eigenvalue weighted by Gasteiger charge is 2.10. The van der Waals surface area contributed by atoms with Gasteiger partial charge in [-0.05, 0) is 52.7 Å². The quantitative estimate of drug-likeness (QED) is 0.789. The van der Waals surface area contributed by atoms with E-state index in [-0.39, 0.29) is 16.2 Å². The van der Waals surface area contributed by atoms with Gasteiger partial charge in [0.2, 0.25) is 0 Å². The number of amides is 1. The lowest BCUT2D eigenvalue weighted by Gasteiger charge is -2.08. The van der Waals surface area contributed by atoms with Gasteiger partial charge in [-0.15, -0.1) is 0 Å². The molecule has 0 saturated heterocycles. The minimum atomic E-state index is -0.294. The summed E-state index contributed by atoms with van der Waals surface area (Å²) in [7, 11) is 0. The van der Waals surface area contributed by atoms with Crippen LogP contribution in [-0.4, -0.2) is 10.9 Å². The van der Waals surface area contributed by atoms with Crippen molar-refractivity contribution in [2.75, 3.05) is 5.32 Å². The summed E-state index contributed by atoms with van der Waals surface area (Å²) in [5, 5.41) is 3.15. The molecule has 98 valence electrons. The monoisotopic (exact) mass is 358 g/mol. The van der Waals surface area contributed by atoms with Crippen LogP contribution in [0, 0.1) is 6.92 Å². The van der Waals surface area contributed by atoms with Crippen molar-refractivity contribution in [3.63, 3.8) is 0 Å². The van der Waals surface area contributed by atoms with Crippen LogP contribution in [0.1, 0.15) is 15.9 Å². The predicted molar refractivity (Wildman–Crippen MR) is 81.1 cm³/mol. The zero-order valence-corrected chi connectivity index (χ0v) is 13.0. The first-order valence-electron chi connectivity index (χ1n) is 5.36. The summed E-state index contributed by atoms with van der Waals surface area (Å²) in [6.45, 7) is 1.95. The van der Waals surface area contributed by atoms with Crippen molar-refractivity contribution in [3.8, 4) is 0 Å². The maximum Gasteiger partial charge on any atom is 0.255 e. The molecule has 2 rings (SSSR count). The molecule has 0 unspecified atom stereocenters. The molecule has 0 spiro atoms. The summed E-state index contributed by atoms with van der Waals surface area (Å²) in [6, 6.07) is 8.61. The van der Waals surface area contributed by atoms with Gasteiger partial charge < -0.3 is 5.32 Å². The summed E-state index contributed by atoms with van der Waals surface area (Å²) < 4.78 is 0.803. The third-order valence-corrected chi connectivity index (χ3v) is 3.47. The Balaban J connectivity index is 2.28. The number of aryl methyl sites for hydroxylation is 1. The standard InChI is InChI=1S/C13H9BrCl2N2O/c1-7-2-3-9(14)10(4-7)17-13(19)8-5-11(15)18-12(16)6-8/h2-6H,1H3,(H,17,19). The van der Waals surface area contributed by atoms with Crippen LogP contribution in [0.5, 0.6) is 0 Å². The zero-order chi connectivity index (χ0) is 14.0. The van der Waals surface area contributed by atoms with E-state index in [1.54, 1.807) is 0 Å². The van der Waals surface area contributed by atoms with Crippen LogP contribution in [0.15, 0.2) is 34.8 Å². The van der Waals surface area contributed by atoms with E-state index in [9.17, 15) is 4.79 Å². The third-order valence-electron chi connectivity index (χ3n) is 2.40. The van der Waals surface area contributed by atoms with Gasteiger partial charge in [-0.25, -0.2) is 4.98 Å². The van der Waals surface area contributed by atoms with Crippen LogP contribution in [0.4, 0.5) is 5.69 Å². The van der Waals surface area contributed by atoms with Gasteiger partial charge in [-0.1, -0.05) is 29.3 Å². The van der Waals surface area contributed by atoms with E-state index < -0.39 is 0 Å². The Bertz CT molecular complexity index is 626. The highest BCUT2D eigenvalue weighted by molar-refractivity contribution is 9.10. The minimum Gasteiger partial charge on any atom is -0.321 e. The van der Waals surface area contributed by atoms with Gasteiger partial charge in [0.05, 0.1) is 5.69 Å². The number of carbonyl (C=O) groups excluding carboxylic acids is 1. The number of carbonyl (C=O) groups is 1. The van der Waals surface area contributed by atoms with E-state index in [2.05, 4.69) is 26.2 Å². The third kappa shape index (κ3) is 3.69. The minimum absolute atomic E-state index is 0.181. The van der Waals surface area contributed by atoms with Crippen LogP contribution in [0.2, 0.25) is 10.3 Å². The number of benzene rings is 1. The highest BCUT2D eigenvalue weighted by Crippen LogP contribution is 2.24. The summed E-state index contributed by atoms with van der Waals surface area (Å²) >= 11 is 14.9. The number of aromatic nitrogens is 1. The number of nitrogens with one attached hydrogen (secondary N) is 1. The van der Waals surface area contributed by atoms with Crippen molar-refractivity contribution in [3.05, 3.63) is 56.2 Å². The second kappa shape index (κ2) is 5.90. The molecule has 19 heavy (non-hydrogen) atoms. The molecule has 6 heteroatoms. The average molecular weight is 360 g/mol. The van der Waals surface area contributed by atoms with Crippen LogP contribution in [0.3, 0.4) is 0 Å². The Hall–Kier alpha value is -1.10. The maximum absolute atomic E-state index is 12.1. The van der Waals surface area contributed by atoms with Gasteiger partial charge in [0.25, 0.3) is 5.91 Å². The summed E-state index contributed by atoms with van der Waals surface area (Å²) in [4.78, 5) is 15.9. The SMILES string of the molecule is Cc1ccc(Br)c(NC(=O)c2cc(Cl)nc(Cl)c2)c1. The number of halogens is 3. The fourth-order valence-corrected chi connectivity index (χ4v) is 2.33. The van der Waals surface area contributed by atoms with Gasteiger partial charge in [0.15, 0.2) is 0 Å². The molecule has 0 bridgehead atoms. The van der Waals surface area contributed by atoms with Gasteiger partial charge in [0, 0.05) is 10.0 Å². The smallest absolute Gasteiger partial charge is 0.255 e. The Kier molecular flexibility index (Phi) is 4.45. The summed E-state index contributed by atoms with van der Waals surface area (Å²) in [5.41, 5.74) is 2.09. The molecule has 0 aliphatic heterocycles. The molecule has 1 amide bonds. The number of hydrogen-bond acceptors (Lipinski definition) is 2. The van der Waals surface area contributed by atoms with Crippen LogP contribution < -0.4 is 5.32 Å². The van der Waals surface area contributed by atoms with Crippen LogP contribution in [0.25, 0.3) is 0 Å². The van der Waals surface area contributed by atoms with E-state index in [0.29, 0.717) is 11.3 Å². The van der Waals surface area contributed by atoms with E-state index in [4.69, 9.17) is 23.2 Å². The number of hydrogen-bond donors (Lipinski definition) is 1. The van der Waals surface area contributed by atoms with Crippen molar-refractivity contribution in [1.29, 1.82) is 0 Å². The lowest BCUT2D eigenvalue weighted by Crippen LogP contribution is -2.12. The topological polar surface area (TPSA) is 42.0 Å². The lowest BCUT2D eigenvalue weighted by molar-refractivity contribution is 0.102. The Labute approximate surface area is 129 Å². The number of nitrogens with zero attached hydrogens (tertiary/aromatic N) is 1. The molecule has 0 radical (unpaired) electrons. The van der Waals surface area contributed by atoms with Gasteiger partial charge in [0.1, 0.15) is 10.3 Å². The van der Waals surface area contributed by atoms with Crippen molar-refractivity contribution < 1.29 is 4.79 Å². The molecule has 0 atom stereocenters. The Morgan fingerprint density at radius 3 is 2.47 bits per heavy atom. The van der Waals surface area contributed by atoms with Crippen LogP contribution in [-0.2, 0) is 0 Å². The predicted octanol–water partition coefficient (Wildman–Crippen LogP) is 4.71. The second-order valence-electron chi connectivity index (χ2n) is 3.94. The number of pyridine rings is 1. The van der Waals surface area contributed by atoms with Crippen molar-refractivity contribution in [1.82, 2.24) is 4.98 Å². The van der Waals surface area contributed by atoms with Crippen LogP contribution >= 0.6 is 39.1 Å². The molecule has 1 aromatic heterocycles. The van der Waals surface area contributed by atoms with Crippen molar-refractivity contribution in [2.24, 2.45) is 0 Å². The van der Waals surface area contributed by atoms with E-state index in [1.165, 1.54) is 12.1 Å². The number of anilines is 1. The van der Waals surface area contributed by atoms with E-state index in [1.807, 2.05) is 25.1 Å². The molecule has 2 aromatic rings. The molecule has 0 fully saturated rings. The molecule has 3 nitrogen and oxygen atoms in total. The zero-order valence-electron chi connectivity index (χ0n) is 9.88. The first-order chi connectivity index (χ1) is 8.95. The molecule has 1 heterocycles. The normalized spacial score (nSPS) is 10.3. The van der Waals surface area contributed by atoms with Gasteiger partial charge in [-0.2, -0.15) is 0 Å². The molecule has 1 N–H and O–H groups in total. The summed E-state index contributed by atoms with van der Waals surface area (Å²) in [6.07, 6.45) is 0. The van der Waals surface area contributed by atoms with E-state index in [0.717, 1.165) is 10.0 Å². The maximum atomic E-state index is 12.1.